The lowest BCUT2D eigenvalue weighted by molar-refractivity contribution is -0.137. The van der Waals surface area contributed by atoms with Crippen LogP contribution in [0.1, 0.15) is 23.2 Å². The maximum atomic E-state index is 12.3. The summed E-state index contributed by atoms with van der Waals surface area (Å²) in [5.41, 5.74) is 0.603. The number of hydrogen-bond acceptors (Lipinski definition) is 4. The molecular weight excluding hydrogens is 258 g/mol. The van der Waals surface area contributed by atoms with Crippen LogP contribution in [0.25, 0.3) is 0 Å². The number of hydrogen-bond donors (Lipinski definition) is 1. The largest absolute Gasteiger partial charge is 0.481 e. The zero-order valence-corrected chi connectivity index (χ0v) is 11.4. The fourth-order valence-electron chi connectivity index (χ4n) is 2.32. The number of carbonyl (C=O) groups is 2. The van der Waals surface area contributed by atoms with Gasteiger partial charge >= 0.3 is 5.97 Å². The molecule has 0 aromatic carbocycles. The van der Waals surface area contributed by atoms with Gasteiger partial charge in [-0.3, -0.25) is 14.6 Å². The van der Waals surface area contributed by atoms with Crippen LogP contribution in [0.2, 0.25) is 0 Å². The summed E-state index contributed by atoms with van der Waals surface area (Å²) in [6.07, 6.45) is 4.24. The van der Waals surface area contributed by atoms with Crippen LogP contribution in [0.3, 0.4) is 0 Å². The number of carboxylic acid groups (broad SMARTS) is 1. The molecule has 1 N–H and O–H groups in total. The third-order valence-corrected chi connectivity index (χ3v) is 3.43. The lowest BCUT2D eigenvalue weighted by Gasteiger charge is -2.21. The molecule has 0 aliphatic carbocycles. The van der Waals surface area contributed by atoms with Gasteiger partial charge in [-0.2, -0.15) is 0 Å². The molecule has 1 aromatic rings. The third-order valence-electron chi connectivity index (χ3n) is 3.43. The molecule has 2 rings (SSSR count). The van der Waals surface area contributed by atoms with Gasteiger partial charge in [-0.05, 0) is 25.1 Å². The number of carboxylic acids is 1. The molecule has 0 radical (unpaired) electrons. The number of aromatic nitrogens is 1. The average molecular weight is 277 g/mol. The summed E-state index contributed by atoms with van der Waals surface area (Å²) >= 11 is 0. The Morgan fingerprint density at radius 3 is 2.80 bits per heavy atom. The molecule has 2 heterocycles. The first kappa shape index (κ1) is 14.5. The quantitative estimate of drug-likeness (QED) is 0.877. The van der Waals surface area contributed by atoms with Gasteiger partial charge in [0.05, 0.1) is 12.0 Å². The number of amides is 1. The Balaban J connectivity index is 1.89. The monoisotopic (exact) mass is 277 g/mol. The van der Waals surface area contributed by atoms with Gasteiger partial charge < -0.3 is 14.9 Å². The molecule has 1 aliphatic rings. The molecule has 1 amide bonds. The summed E-state index contributed by atoms with van der Waals surface area (Å²) in [7, 11) is 0. The van der Waals surface area contributed by atoms with Crippen molar-refractivity contribution >= 4 is 11.9 Å². The van der Waals surface area contributed by atoms with E-state index in [-0.39, 0.29) is 12.3 Å². The van der Waals surface area contributed by atoms with E-state index < -0.39 is 5.97 Å². The van der Waals surface area contributed by atoms with Gasteiger partial charge in [-0.25, -0.2) is 0 Å². The Bertz CT molecular complexity index is 464. The first-order valence-electron chi connectivity index (χ1n) is 6.80. The highest BCUT2D eigenvalue weighted by Gasteiger charge is 2.20. The first-order valence-corrected chi connectivity index (χ1v) is 6.80. The first-order chi connectivity index (χ1) is 9.66. The minimum Gasteiger partial charge on any atom is -0.481 e. The van der Waals surface area contributed by atoms with Crippen molar-refractivity contribution in [2.24, 2.45) is 0 Å². The van der Waals surface area contributed by atoms with Crippen molar-refractivity contribution < 1.29 is 14.7 Å². The molecule has 0 atom stereocenters. The summed E-state index contributed by atoms with van der Waals surface area (Å²) in [5.74, 6) is -0.782. The second-order valence-electron chi connectivity index (χ2n) is 4.87. The van der Waals surface area contributed by atoms with Gasteiger partial charge in [0.15, 0.2) is 0 Å². The summed E-state index contributed by atoms with van der Waals surface area (Å²) in [5, 5.41) is 8.71. The Labute approximate surface area is 118 Å². The van der Waals surface area contributed by atoms with Crippen molar-refractivity contribution in [1.82, 2.24) is 14.8 Å². The summed E-state index contributed by atoms with van der Waals surface area (Å²) in [6, 6.07) is 3.52. The van der Waals surface area contributed by atoms with E-state index in [1.807, 2.05) is 4.90 Å². The Morgan fingerprint density at radius 1 is 1.25 bits per heavy atom. The standard InChI is InChI=1S/C14H19N3O3/c18-13(19)4-8-16-6-2-7-17(10-9-16)14(20)12-3-1-5-15-11-12/h1,3,5,11H,2,4,6-10H2,(H,18,19). The summed E-state index contributed by atoms with van der Waals surface area (Å²) < 4.78 is 0. The normalized spacial score (nSPS) is 16.7. The number of rotatable bonds is 4. The molecule has 1 aliphatic heterocycles. The van der Waals surface area contributed by atoms with Crippen molar-refractivity contribution in [2.45, 2.75) is 12.8 Å². The molecule has 1 fully saturated rings. The van der Waals surface area contributed by atoms with Crippen LogP contribution in [-0.2, 0) is 4.79 Å². The molecule has 6 heteroatoms. The molecule has 20 heavy (non-hydrogen) atoms. The second-order valence-corrected chi connectivity index (χ2v) is 4.87. The smallest absolute Gasteiger partial charge is 0.304 e. The predicted octanol–water partition coefficient (Wildman–Crippen LogP) is 0.704. The van der Waals surface area contributed by atoms with Crippen LogP contribution in [0.15, 0.2) is 24.5 Å². The minimum absolute atomic E-state index is 0.00168. The molecule has 6 nitrogen and oxygen atoms in total. The molecule has 0 bridgehead atoms. The van der Waals surface area contributed by atoms with E-state index in [0.717, 1.165) is 19.5 Å². The average Bonchev–Trinajstić information content (AvgIpc) is 2.71. The van der Waals surface area contributed by atoms with Crippen molar-refractivity contribution in [3.8, 4) is 0 Å². The van der Waals surface area contributed by atoms with Gasteiger partial charge in [-0.1, -0.05) is 0 Å². The van der Waals surface area contributed by atoms with Crippen LogP contribution in [0.4, 0.5) is 0 Å². The van der Waals surface area contributed by atoms with E-state index in [1.165, 1.54) is 0 Å². The van der Waals surface area contributed by atoms with Crippen LogP contribution < -0.4 is 0 Å². The number of pyridine rings is 1. The van der Waals surface area contributed by atoms with Gasteiger partial charge in [0.2, 0.25) is 0 Å². The van der Waals surface area contributed by atoms with Crippen molar-refractivity contribution in [3.05, 3.63) is 30.1 Å². The lowest BCUT2D eigenvalue weighted by atomic mass is 10.2. The van der Waals surface area contributed by atoms with Crippen LogP contribution in [0.5, 0.6) is 0 Å². The SMILES string of the molecule is O=C(O)CCN1CCCN(C(=O)c2cccnc2)CC1. The van der Waals surface area contributed by atoms with Gasteiger partial charge in [0.25, 0.3) is 5.91 Å². The Morgan fingerprint density at radius 2 is 2.10 bits per heavy atom. The maximum Gasteiger partial charge on any atom is 0.304 e. The number of carbonyl (C=O) groups excluding carboxylic acids is 1. The molecular formula is C14H19N3O3. The van der Waals surface area contributed by atoms with Gasteiger partial charge in [0, 0.05) is 38.6 Å². The highest BCUT2D eigenvalue weighted by Crippen LogP contribution is 2.08. The third kappa shape index (κ3) is 4.03. The maximum absolute atomic E-state index is 12.3. The molecule has 0 saturated carbocycles. The summed E-state index contributed by atoms with van der Waals surface area (Å²) in [4.78, 5) is 30.8. The van der Waals surface area contributed by atoms with Gasteiger partial charge in [0.1, 0.15) is 0 Å². The highest BCUT2D eigenvalue weighted by molar-refractivity contribution is 5.93. The second kappa shape index (κ2) is 7.00. The van der Waals surface area contributed by atoms with Crippen LogP contribution in [-0.4, -0.2) is 64.5 Å². The number of aliphatic carboxylic acids is 1. The van der Waals surface area contributed by atoms with E-state index in [9.17, 15) is 9.59 Å². The summed E-state index contributed by atoms with van der Waals surface area (Å²) in [6.45, 7) is 3.44. The predicted molar refractivity (Wildman–Crippen MR) is 73.5 cm³/mol. The van der Waals surface area contributed by atoms with Gasteiger partial charge in [-0.15, -0.1) is 0 Å². The molecule has 1 saturated heterocycles. The molecule has 0 unspecified atom stereocenters. The van der Waals surface area contributed by atoms with Crippen LogP contribution in [0, 0.1) is 0 Å². The Hall–Kier alpha value is -1.95. The zero-order valence-electron chi connectivity index (χ0n) is 11.4. The molecule has 108 valence electrons. The van der Waals surface area contributed by atoms with E-state index in [0.29, 0.717) is 25.2 Å². The number of nitrogens with zero attached hydrogens (tertiary/aromatic N) is 3. The zero-order chi connectivity index (χ0) is 14.4. The molecule has 1 aromatic heterocycles. The molecule has 0 spiro atoms. The van der Waals surface area contributed by atoms with E-state index in [2.05, 4.69) is 9.88 Å². The van der Waals surface area contributed by atoms with E-state index in [1.54, 1.807) is 24.5 Å². The fourth-order valence-corrected chi connectivity index (χ4v) is 2.32. The Kier molecular flexibility index (Phi) is 5.06. The topological polar surface area (TPSA) is 73.7 Å². The lowest BCUT2D eigenvalue weighted by Crippen LogP contribution is -2.35. The van der Waals surface area contributed by atoms with Crippen molar-refractivity contribution in [1.29, 1.82) is 0 Å². The fraction of sp³-hybridized carbons (Fsp3) is 0.500. The van der Waals surface area contributed by atoms with E-state index >= 15 is 0 Å². The van der Waals surface area contributed by atoms with Crippen molar-refractivity contribution in [3.63, 3.8) is 0 Å². The van der Waals surface area contributed by atoms with Crippen LogP contribution >= 0.6 is 0 Å². The van der Waals surface area contributed by atoms with E-state index in [4.69, 9.17) is 5.11 Å². The van der Waals surface area contributed by atoms with Crippen molar-refractivity contribution in [2.75, 3.05) is 32.7 Å². The highest BCUT2D eigenvalue weighted by atomic mass is 16.4. The minimum atomic E-state index is -0.780.